The minimum Gasteiger partial charge on any atom is -0.368 e. The van der Waals surface area contributed by atoms with E-state index in [0.29, 0.717) is 18.1 Å². The zero-order valence-electron chi connectivity index (χ0n) is 14.6. The van der Waals surface area contributed by atoms with Crippen LogP contribution < -0.4 is 5.32 Å². The third-order valence-corrected chi connectivity index (χ3v) is 4.53. The van der Waals surface area contributed by atoms with Crippen molar-refractivity contribution in [2.45, 2.75) is 45.3 Å². The molecule has 1 aromatic carbocycles. The quantitative estimate of drug-likeness (QED) is 0.754. The number of carbonyl (C=O) groups excluding carboxylic acids is 1. The number of carbonyl (C=O) groups is 1. The van der Waals surface area contributed by atoms with E-state index in [-0.39, 0.29) is 29.2 Å². The molecule has 3 rings (SSSR count). The number of hydrogen-bond donors (Lipinski definition) is 1. The molecule has 2 aromatic rings. The molecule has 0 radical (unpaired) electrons. The highest BCUT2D eigenvalue weighted by atomic mass is 79.9. The fourth-order valence-electron chi connectivity index (χ4n) is 3.05. The van der Waals surface area contributed by atoms with Crippen molar-refractivity contribution >= 4 is 29.1 Å². The second-order valence-corrected chi connectivity index (χ2v) is 6.32. The van der Waals surface area contributed by atoms with E-state index < -0.39 is 0 Å². The van der Waals surface area contributed by atoms with Gasteiger partial charge in [0, 0.05) is 12.1 Å². The van der Waals surface area contributed by atoms with E-state index in [1.807, 2.05) is 6.92 Å². The predicted octanol–water partition coefficient (Wildman–Crippen LogP) is 4.21. The molecule has 134 valence electrons. The molecule has 0 spiro atoms. The van der Waals surface area contributed by atoms with Crippen molar-refractivity contribution in [1.82, 2.24) is 9.97 Å². The lowest BCUT2D eigenvalue weighted by Gasteiger charge is -2.31. The number of aldehydes is 1. The number of nitrogens with zero attached hydrogens (tertiary/aromatic N) is 2. The molecule has 1 saturated heterocycles. The minimum atomic E-state index is 0. The van der Waals surface area contributed by atoms with E-state index in [1.165, 1.54) is 17.5 Å². The summed E-state index contributed by atoms with van der Waals surface area (Å²) in [7, 11) is 0. The summed E-state index contributed by atoms with van der Waals surface area (Å²) in [6.45, 7) is 4.62. The molecule has 2 heterocycles. The van der Waals surface area contributed by atoms with Gasteiger partial charge >= 0.3 is 0 Å². The van der Waals surface area contributed by atoms with E-state index in [0.717, 1.165) is 31.1 Å². The molecule has 1 fully saturated rings. The number of nitrogens with one attached hydrogen (secondary N) is 1. The summed E-state index contributed by atoms with van der Waals surface area (Å²) in [4.78, 5) is 19.1. The largest absolute Gasteiger partial charge is 0.368 e. The van der Waals surface area contributed by atoms with E-state index in [2.05, 4.69) is 46.5 Å². The summed E-state index contributed by atoms with van der Waals surface area (Å²) in [5, 5.41) is 3.30. The Labute approximate surface area is 159 Å². The lowest BCUT2D eigenvalue weighted by Crippen LogP contribution is -2.29. The molecule has 1 aromatic heterocycles. The zero-order valence-corrected chi connectivity index (χ0v) is 16.3. The number of aromatic nitrogens is 2. The Morgan fingerprint density at radius 2 is 1.96 bits per heavy atom. The van der Waals surface area contributed by atoms with Crippen LogP contribution >= 0.6 is 17.0 Å². The molecule has 0 unspecified atom stereocenters. The van der Waals surface area contributed by atoms with Crippen LogP contribution in [0.15, 0.2) is 30.6 Å². The zero-order chi connectivity index (χ0) is 16.9. The van der Waals surface area contributed by atoms with Gasteiger partial charge in [-0.2, -0.15) is 0 Å². The Bertz CT molecular complexity index is 706. The summed E-state index contributed by atoms with van der Waals surface area (Å²) in [5.74, 6) is 0.702. The second-order valence-electron chi connectivity index (χ2n) is 6.32. The van der Waals surface area contributed by atoms with Crippen LogP contribution in [0, 0.1) is 13.8 Å². The van der Waals surface area contributed by atoms with Crippen molar-refractivity contribution in [2.75, 3.05) is 11.9 Å². The van der Waals surface area contributed by atoms with Crippen LogP contribution in [-0.4, -0.2) is 28.9 Å². The molecule has 0 bridgehead atoms. The maximum absolute atomic E-state index is 11.0. The third-order valence-electron chi connectivity index (χ3n) is 4.53. The number of ether oxygens (including phenoxy) is 1. The van der Waals surface area contributed by atoms with Gasteiger partial charge in [-0.05, 0) is 38.7 Å². The number of aryl methyl sites for hydroxylation is 1. The van der Waals surface area contributed by atoms with Crippen LogP contribution in [0.4, 0.5) is 5.82 Å². The highest BCUT2D eigenvalue weighted by molar-refractivity contribution is 8.93. The van der Waals surface area contributed by atoms with Crippen molar-refractivity contribution in [1.29, 1.82) is 0 Å². The van der Waals surface area contributed by atoms with Crippen molar-refractivity contribution < 1.29 is 9.53 Å². The van der Waals surface area contributed by atoms with Gasteiger partial charge in [-0.1, -0.05) is 29.8 Å². The van der Waals surface area contributed by atoms with Gasteiger partial charge in [0.2, 0.25) is 0 Å². The smallest absolute Gasteiger partial charge is 0.168 e. The molecule has 1 N–H and O–H groups in total. The second kappa shape index (κ2) is 9.06. The van der Waals surface area contributed by atoms with Gasteiger partial charge in [-0.15, -0.1) is 17.0 Å². The standard InChI is InChI=1S/C19H23N3O2.BrH/c1-13-6-8-15(9-7-13)18-5-3-4-16(24-18)10-20-19-14(2)17(11-23)21-12-22-19;/h6-9,11-12,16,18H,3-5,10H2,1-2H3,(H,20,21,22);1H/t16-,18+;/m1./s1. The summed E-state index contributed by atoms with van der Waals surface area (Å²) in [5.41, 5.74) is 3.71. The number of rotatable bonds is 5. The van der Waals surface area contributed by atoms with Crippen molar-refractivity contribution in [3.05, 3.63) is 53.0 Å². The lowest BCUT2D eigenvalue weighted by atomic mass is 9.97. The van der Waals surface area contributed by atoms with Crippen molar-refractivity contribution in [3.8, 4) is 0 Å². The van der Waals surface area contributed by atoms with Crippen LogP contribution in [-0.2, 0) is 4.74 Å². The van der Waals surface area contributed by atoms with Crippen molar-refractivity contribution in [3.63, 3.8) is 0 Å². The van der Waals surface area contributed by atoms with E-state index in [4.69, 9.17) is 4.74 Å². The molecule has 1 aliphatic rings. The van der Waals surface area contributed by atoms with Gasteiger partial charge in [0.05, 0.1) is 12.2 Å². The first-order valence-electron chi connectivity index (χ1n) is 8.40. The van der Waals surface area contributed by atoms with Gasteiger partial charge in [0.25, 0.3) is 0 Å². The highest BCUT2D eigenvalue weighted by Crippen LogP contribution is 2.31. The topological polar surface area (TPSA) is 64.1 Å². The highest BCUT2D eigenvalue weighted by Gasteiger charge is 2.23. The van der Waals surface area contributed by atoms with E-state index >= 15 is 0 Å². The fourth-order valence-corrected chi connectivity index (χ4v) is 3.05. The average molecular weight is 406 g/mol. The molecule has 2 atom stereocenters. The SMILES string of the molecule is Br.Cc1ccc([C@@H]2CCC[C@H](CNc3ncnc(C=O)c3C)O2)cc1. The third kappa shape index (κ3) is 4.86. The van der Waals surface area contributed by atoms with E-state index in [1.54, 1.807) is 0 Å². The first-order chi connectivity index (χ1) is 11.7. The maximum atomic E-state index is 11.0. The monoisotopic (exact) mass is 405 g/mol. The van der Waals surface area contributed by atoms with Crippen molar-refractivity contribution in [2.24, 2.45) is 0 Å². The number of hydrogen-bond acceptors (Lipinski definition) is 5. The molecular formula is C19H24BrN3O2. The van der Waals surface area contributed by atoms with Gasteiger partial charge < -0.3 is 10.1 Å². The lowest BCUT2D eigenvalue weighted by molar-refractivity contribution is -0.0442. The molecule has 5 nitrogen and oxygen atoms in total. The Morgan fingerprint density at radius 1 is 1.20 bits per heavy atom. The van der Waals surface area contributed by atoms with Gasteiger partial charge in [0.15, 0.2) is 6.29 Å². The molecule has 25 heavy (non-hydrogen) atoms. The normalized spacial score (nSPS) is 19.8. The maximum Gasteiger partial charge on any atom is 0.168 e. The average Bonchev–Trinajstić information content (AvgIpc) is 2.62. The van der Waals surface area contributed by atoms with Crippen LogP contribution in [0.25, 0.3) is 0 Å². The molecule has 0 aliphatic carbocycles. The van der Waals surface area contributed by atoms with Gasteiger partial charge in [-0.3, -0.25) is 4.79 Å². The Kier molecular flexibility index (Phi) is 7.08. The fraction of sp³-hybridized carbons (Fsp3) is 0.421. The molecule has 6 heteroatoms. The Morgan fingerprint density at radius 3 is 2.68 bits per heavy atom. The Balaban J connectivity index is 0.00000225. The number of benzene rings is 1. The number of anilines is 1. The molecule has 1 aliphatic heterocycles. The first-order valence-corrected chi connectivity index (χ1v) is 8.40. The van der Waals surface area contributed by atoms with Crippen LogP contribution in [0.2, 0.25) is 0 Å². The summed E-state index contributed by atoms with van der Waals surface area (Å²) in [6.07, 6.45) is 5.69. The molecule has 0 saturated carbocycles. The summed E-state index contributed by atoms with van der Waals surface area (Å²) >= 11 is 0. The van der Waals surface area contributed by atoms with Gasteiger partial charge in [0.1, 0.15) is 17.8 Å². The molecule has 0 amide bonds. The first kappa shape index (κ1) is 19.5. The predicted molar refractivity (Wildman–Crippen MR) is 104 cm³/mol. The molecular weight excluding hydrogens is 382 g/mol. The van der Waals surface area contributed by atoms with Crippen LogP contribution in [0.1, 0.15) is 52.5 Å². The van der Waals surface area contributed by atoms with Crippen LogP contribution in [0.3, 0.4) is 0 Å². The minimum absolute atomic E-state index is 0. The van der Waals surface area contributed by atoms with Gasteiger partial charge in [-0.25, -0.2) is 9.97 Å². The Hall–Kier alpha value is -1.79. The summed E-state index contributed by atoms with van der Waals surface area (Å²) in [6, 6.07) is 8.57. The summed E-state index contributed by atoms with van der Waals surface area (Å²) < 4.78 is 6.26. The number of halogens is 1. The van der Waals surface area contributed by atoms with Crippen LogP contribution in [0.5, 0.6) is 0 Å². The van der Waals surface area contributed by atoms with E-state index in [9.17, 15) is 4.79 Å².